The second kappa shape index (κ2) is 5.08. The first kappa shape index (κ1) is 14.3. The van der Waals surface area contributed by atoms with Crippen LogP contribution in [0.25, 0.3) is 6.08 Å². The molecule has 0 N–H and O–H groups in total. The van der Waals surface area contributed by atoms with Gasteiger partial charge < -0.3 is 4.42 Å². The lowest BCUT2D eigenvalue weighted by molar-refractivity contribution is -0.134. The third-order valence-electron chi connectivity index (χ3n) is 2.59. The van der Waals surface area contributed by atoms with Gasteiger partial charge in [-0.2, -0.15) is 0 Å². The van der Waals surface area contributed by atoms with E-state index in [1.54, 1.807) is 6.07 Å². The molecule has 19 heavy (non-hydrogen) atoms. The molecule has 0 atom stereocenters. The quantitative estimate of drug-likeness (QED) is 0.382. The molecule has 1 saturated heterocycles. The number of halogens is 2. The zero-order chi connectivity index (χ0) is 14.3. The highest BCUT2D eigenvalue weighted by atomic mass is 127. The second-order valence-corrected chi connectivity index (χ2v) is 5.67. The molecule has 6 nitrogen and oxygen atoms in total. The number of hydrogen-bond acceptors (Lipinski definition) is 4. The molecule has 1 aliphatic heterocycles. The summed E-state index contributed by atoms with van der Waals surface area (Å²) < 4.78 is 6.69. The molecule has 0 unspecified atom stereocenters. The van der Waals surface area contributed by atoms with Gasteiger partial charge in [0, 0.05) is 36.7 Å². The topological polar surface area (TPSA) is 70.8 Å². The van der Waals surface area contributed by atoms with Crippen molar-refractivity contribution in [3.05, 3.63) is 25.6 Å². The highest BCUT2D eigenvalue weighted by Gasteiger charge is 2.38. The zero-order valence-electron chi connectivity index (χ0n) is 9.94. The number of amides is 4. The van der Waals surface area contributed by atoms with Gasteiger partial charge in [-0.25, -0.2) is 4.79 Å². The van der Waals surface area contributed by atoms with Crippen LogP contribution in [0.15, 0.2) is 20.5 Å². The van der Waals surface area contributed by atoms with Gasteiger partial charge in [0.25, 0.3) is 11.8 Å². The number of carbonyl (C=O) groups excluding carboxylic acids is 3. The predicted molar refractivity (Wildman–Crippen MR) is 78.0 cm³/mol. The van der Waals surface area contributed by atoms with Crippen molar-refractivity contribution in [3.63, 3.8) is 0 Å². The summed E-state index contributed by atoms with van der Waals surface area (Å²) in [5.41, 5.74) is -0.109. The second-order valence-electron chi connectivity index (χ2n) is 3.84. The summed E-state index contributed by atoms with van der Waals surface area (Å²) in [5, 5.41) is 0. The summed E-state index contributed by atoms with van der Waals surface area (Å²) in [4.78, 5) is 37.2. The minimum atomic E-state index is -0.651. The van der Waals surface area contributed by atoms with Gasteiger partial charge in [0.1, 0.15) is 11.3 Å². The number of barbiturate groups is 1. The van der Waals surface area contributed by atoms with Crippen molar-refractivity contribution in [3.8, 4) is 0 Å². The van der Waals surface area contributed by atoms with Crippen LogP contribution in [0.2, 0.25) is 0 Å². The van der Waals surface area contributed by atoms with Crippen molar-refractivity contribution in [1.82, 2.24) is 9.80 Å². The third-order valence-corrected chi connectivity index (χ3v) is 4.73. The van der Waals surface area contributed by atoms with Crippen molar-refractivity contribution in [2.75, 3.05) is 14.1 Å². The van der Waals surface area contributed by atoms with Gasteiger partial charge in [0.2, 0.25) is 0 Å². The minimum Gasteiger partial charge on any atom is -0.450 e. The predicted octanol–water partition coefficient (Wildman–Crippen LogP) is 2.08. The van der Waals surface area contributed by atoms with Gasteiger partial charge in [-0.15, -0.1) is 0 Å². The Morgan fingerprint density at radius 3 is 2.16 bits per heavy atom. The van der Waals surface area contributed by atoms with E-state index >= 15 is 0 Å². The Morgan fingerprint density at radius 1 is 1.21 bits per heavy atom. The third kappa shape index (κ3) is 2.46. The molecule has 8 heteroatoms. The number of imide groups is 2. The molecular weight excluding hydrogens is 431 g/mol. The summed E-state index contributed by atoms with van der Waals surface area (Å²) >= 11 is 5.24. The van der Waals surface area contributed by atoms with Crippen molar-refractivity contribution in [2.45, 2.75) is 0 Å². The van der Waals surface area contributed by atoms with Crippen LogP contribution in [0.4, 0.5) is 4.79 Å². The van der Waals surface area contributed by atoms with Crippen LogP contribution in [0, 0.1) is 3.77 Å². The molecule has 0 bridgehead atoms. The van der Waals surface area contributed by atoms with Gasteiger partial charge in [0.15, 0.2) is 3.77 Å². The first-order chi connectivity index (χ1) is 8.82. The fourth-order valence-electron chi connectivity index (χ4n) is 1.55. The van der Waals surface area contributed by atoms with Crippen LogP contribution in [0.5, 0.6) is 0 Å². The van der Waals surface area contributed by atoms with E-state index < -0.39 is 17.8 Å². The molecule has 1 aromatic rings. The molecule has 2 heterocycles. The molecule has 0 saturated carbocycles. The summed E-state index contributed by atoms with van der Waals surface area (Å²) in [7, 11) is 2.65. The Kier molecular flexibility index (Phi) is 3.81. The van der Waals surface area contributed by atoms with E-state index in [2.05, 4.69) is 15.9 Å². The Hall–Kier alpha value is -1.16. The summed E-state index contributed by atoms with van der Waals surface area (Å²) in [6.07, 6.45) is 1.33. The van der Waals surface area contributed by atoms with Gasteiger partial charge in [-0.1, -0.05) is 0 Å². The first-order valence-electron chi connectivity index (χ1n) is 5.09. The zero-order valence-corrected chi connectivity index (χ0v) is 13.7. The lowest BCUT2D eigenvalue weighted by Crippen LogP contribution is -2.52. The molecule has 0 spiro atoms. The lowest BCUT2D eigenvalue weighted by Gasteiger charge is -2.28. The first-order valence-corrected chi connectivity index (χ1v) is 6.96. The van der Waals surface area contributed by atoms with Crippen molar-refractivity contribution >= 4 is 62.4 Å². The number of furan rings is 1. The summed E-state index contributed by atoms with van der Waals surface area (Å²) in [6, 6.07) is 0.994. The maximum absolute atomic E-state index is 11.9. The molecule has 100 valence electrons. The Bertz CT molecular complexity index is 577. The van der Waals surface area contributed by atoms with Crippen molar-refractivity contribution < 1.29 is 18.8 Å². The van der Waals surface area contributed by atoms with Crippen LogP contribution < -0.4 is 0 Å². The molecule has 1 fully saturated rings. The van der Waals surface area contributed by atoms with E-state index in [1.165, 1.54) is 20.2 Å². The molecular formula is C11H8BrIN2O4. The molecule has 4 amide bonds. The average Bonchev–Trinajstić information content (AvgIpc) is 2.69. The van der Waals surface area contributed by atoms with E-state index in [1.807, 2.05) is 22.6 Å². The molecule has 1 aliphatic rings. The van der Waals surface area contributed by atoms with Gasteiger partial charge in [0.05, 0.1) is 4.47 Å². The highest BCUT2D eigenvalue weighted by molar-refractivity contribution is 14.1. The normalized spacial score (nSPS) is 16.4. The van der Waals surface area contributed by atoms with Gasteiger partial charge >= 0.3 is 6.03 Å². The SMILES string of the molecule is CN1C(=O)C(=Cc2cc(Br)c(I)o2)C(=O)N(C)C1=O. The summed E-state index contributed by atoms with van der Waals surface area (Å²) in [5.74, 6) is -0.921. The van der Waals surface area contributed by atoms with Crippen molar-refractivity contribution in [2.24, 2.45) is 0 Å². The minimum absolute atomic E-state index is 0.109. The van der Waals surface area contributed by atoms with Crippen LogP contribution in [0.3, 0.4) is 0 Å². The fourth-order valence-corrected chi connectivity index (χ4v) is 2.27. The van der Waals surface area contributed by atoms with Gasteiger partial charge in [-0.05, 0) is 28.1 Å². The smallest absolute Gasteiger partial charge is 0.333 e. The number of rotatable bonds is 1. The standard InChI is InChI=1S/C11H8BrIN2O4/c1-14-9(16)6(10(17)15(2)11(14)18)3-5-4-7(12)8(13)19-5/h3-4H,1-2H3. The number of likely N-dealkylation sites (N-methyl/N-ethyl adjacent to an activating group) is 2. The molecule has 0 aliphatic carbocycles. The number of nitrogens with zero attached hydrogens (tertiary/aromatic N) is 2. The largest absolute Gasteiger partial charge is 0.450 e. The van der Waals surface area contributed by atoms with E-state index in [0.29, 0.717) is 9.53 Å². The molecule has 0 aromatic carbocycles. The monoisotopic (exact) mass is 438 g/mol. The van der Waals surface area contributed by atoms with Crippen LogP contribution in [-0.2, 0) is 9.59 Å². The van der Waals surface area contributed by atoms with Crippen molar-refractivity contribution in [1.29, 1.82) is 0 Å². The molecule has 1 aromatic heterocycles. The van der Waals surface area contributed by atoms with E-state index in [4.69, 9.17) is 4.42 Å². The van der Waals surface area contributed by atoms with Crippen LogP contribution in [-0.4, -0.2) is 41.7 Å². The van der Waals surface area contributed by atoms with E-state index in [-0.39, 0.29) is 5.57 Å². The van der Waals surface area contributed by atoms with Gasteiger partial charge in [-0.3, -0.25) is 19.4 Å². The number of carbonyl (C=O) groups is 3. The Morgan fingerprint density at radius 2 is 1.74 bits per heavy atom. The molecule has 0 radical (unpaired) electrons. The maximum Gasteiger partial charge on any atom is 0.333 e. The number of hydrogen-bond donors (Lipinski definition) is 0. The lowest BCUT2D eigenvalue weighted by atomic mass is 10.1. The van der Waals surface area contributed by atoms with E-state index in [9.17, 15) is 14.4 Å². The maximum atomic E-state index is 11.9. The average molecular weight is 439 g/mol. The number of urea groups is 1. The highest BCUT2D eigenvalue weighted by Crippen LogP contribution is 2.26. The van der Waals surface area contributed by atoms with E-state index in [0.717, 1.165) is 14.3 Å². The Labute approximate surface area is 130 Å². The van der Waals surface area contributed by atoms with Crippen LogP contribution in [0.1, 0.15) is 5.76 Å². The summed E-state index contributed by atoms with van der Waals surface area (Å²) in [6.45, 7) is 0. The molecule has 2 rings (SSSR count). The Balaban J connectivity index is 2.45. The fraction of sp³-hybridized carbons (Fsp3) is 0.182. The van der Waals surface area contributed by atoms with Crippen LogP contribution >= 0.6 is 38.5 Å².